The topological polar surface area (TPSA) is 64.4 Å². The summed E-state index contributed by atoms with van der Waals surface area (Å²) in [4.78, 5) is 11.6. The molecule has 0 heterocycles. The number of hydrogen-bond acceptors (Lipinski definition) is 3. The van der Waals surface area contributed by atoms with Gasteiger partial charge in [0, 0.05) is 13.7 Å². The van der Waals surface area contributed by atoms with Gasteiger partial charge in [-0.1, -0.05) is 34.1 Å². The summed E-state index contributed by atoms with van der Waals surface area (Å²) in [6.07, 6.45) is 1.64. The van der Waals surface area contributed by atoms with Crippen LogP contribution in [0.1, 0.15) is 40.5 Å². The van der Waals surface area contributed by atoms with Crippen molar-refractivity contribution in [1.29, 1.82) is 0 Å². The van der Waals surface area contributed by atoms with Crippen LogP contribution in [0.25, 0.3) is 0 Å². The highest BCUT2D eigenvalue weighted by molar-refractivity contribution is 5.81. The molecule has 96 valence electrons. The lowest BCUT2D eigenvalue weighted by atomic mass is 9.89. The fraction of sp³-hybridized carbons (Fsp3) is 0.917. The molecule has 0 aliphatic heterocycles. The lowest BCUT2D eigenvalue weighted by Gasteiger charge is -2.29. The minimum absolute atomic E-state index is 0.00489. The van der Waals surface area contributed by atoms with Crippen LogP contribution in [-0.4, -0.2) is 31.7 Å². The number of hydrogen-bond donors (Lipinski definition) is 2. The highest BCUT2D eigenvalue weighted by Gasteiger charge is 2.25. The highest BCUT2D eigenvalue weighted by Crippen LogP contribution is 2.20. The Bertz CT molecular complexity index is 212. The fourth-order valence-electron chi connectivity index (χ4n) is 1.51. The summed E-state index contributed by atoms with van der Waals surface area (Å²) in [5.74, 6) is -0.0897. The zero-order valence-corrected chi connectivity index (χ0v) is 11.2. The molecule has 0 spiro atoms. The number of amides is 1. The van der Waals surface area contributed by atoms with E-state index < -0.39 is 6.04 Å². The molecule has 0 rings (SSSR count). The van der Waals surface area contributed by atoms with Gasteiger partial charge in [-0.25, -0.2) is 0 Å². The number of rotatable bonds is 6. The zero-order chi connectivity index (χ0) is 12.8. The molecule has 16 heavy (non-hydrogen) atoms. The third kappa shape index (κ3) is 5.47. The lowest BCUT2D eigenvalue weighted by Crippen LogP contribution is -2.46. The van der Waals surface area contributed by atoms with Crippen LogP contribution in [0.2, 0.25) is 0 Å². The van der Waals surface area contributed by atoms with E-state index in [4.69, 9.17) is 10.5 Å². The summed E-state index contributed by atoms with van der Waals surface area (Å²) < 4.78 is 5.35. The van der Waals surface area contributed by atoms with Gasteiger partial charge >= 0.3 is 0 Å². The smallest absolute Gasteiger partial charge is 0.237 e. The molecule has 0 aromatic rings. The summed E-state index contributed by atoms with van der Waals surface area (Å²) in [6.45, 7) is 8.77. The third-order valence-corrected chi connectivity index (χ3v) is 2.65. The van der Waals surface area contributed by atoms with Crippen LogP contribution in [0.5, 0.6) is 0 Å². The minimum Gasteiger partial charge on any atom is -0.379 e. The normalized spacial score (nSPS) is 15.6. The van der Waals surface area contributed by atoms with Gasteiger partial charge in [-0.15, -0.1) is 0 Å². The summed E-state index contributed by atoms with van der Waals surface area (Å²) in [6, 6.07) is -0.400. The Morgan fingerprint density at radius 1 is 1.44 bits per heavy atom. The molecule has 0 radical (unpaired) electrons. The summed E-state index contributed by atoms with van der Waals surface area (Å²) in [5, 5.41) is 2.84. The van der Waals surface area contributed by atoms with Crippen LogP contribution in [0.15, 0.2) is 0 Å². The maximum Gasteiger partial charge on any atom is 0.237 e. The van der Waals surface area contributed by atoms with Crippen molar-refractivity contribution in [1.82, 2.24) is 5.32 Å². The van der Waals surface area contributed by atoms with Crippen molar-refractivity contribution >= 4 is 5.91 Å². The molecule has 2 unspecified atom stereocenters. The van der Waals surface area contributed by atoms with Crippen LogP contribution < -0.4 is 11.1 Å². The van der Waals surface area contributed by atoms with Gasteiger partial charge in [0.1, 0.15) is 0 Å². The first kappa shape index (κ1) is 15.4. The van der Waals surface area contributed by atoms with E-state index in [-0.39, 0.29) is 17.4 Å². The molecular weight excluding hydrogens is 204 g/mol. The standard InChI is InChI=1S/C12H26N2O2/c1-6-7-9(13)11(15)14-8-10(16-5)12(2,3)4/h9-10H,6-8,13H2,1-5H3,(H,14,15). The van der Waals surface area contributed by atoms with Crippen molar-refractivity contribution in [2.45, 2.75) is 52.7 Å². The number of nitrogens with two attached hydrogens (primary N) is 1. The van der Waals surface area contributed by atoms with Gasteiger partial charge in [-0.05, 0) is 11.8 Å². The van der Waals surface area contributed by atoms with Gasteiger partial charge in [0.2, 0.25) is 5.91 Å². The van der Waals surface area contributed by atoms with Crippen LogP contribution in [-0.2, 0) is 9.53 Å². The van der Waals surface area contributed by atoms with E-state index in [0.717, 1.165) is 12.8 Å². The minimum atomic E-state index is -0.400. The zero-order valence-electron chi connectivity index (χ0n) is 11.2. The molecule has 3 N–H and O–H groups in total. The second-order valence-electron chi connectivity index (χ2n) is 5.23. The van der Waals surface area contributed by atoms with Gasteiger partial charge in [0.15, 0.2) is 0 Å². The average Bonchev–Trinajstić information content (AvgIpc) is 2.16. The summed E-state index contributed by atoms with van der Waals surface area (Å²) >= 11 is 0. The molecular formula is C12H26N2O2. The van der Waals surface area contributed by atoms with E-state index in [0.29, 0.717) is 6.54 Å². The van der Waals surface area contributed by atoms with Gasteiger partial charge < -0.3 is 15.8 Å². The summed E-state index contributed by atoms with van der Waals surface area (Å²) in [7, 11) is 1.66. The maximum absolute atomic E-state index is 11.6. The summed E-state index contributed by atoms with van der Waals surface area (Å²) in [5.41, 5.74) is 5.72. The first-order chi connectivity index (χ1) is 7.32. The number of carbonyl (C=O) groups is 1. The molecule has 0 aromatic heterocycles. The molecule has 0 fully saturated rings. The van der Waals surface area contributed by atoms with Crippen LogP contribution >= 0.6 is 0 Å². The molecule has 0 saturated carbocycles. The molecule has 4 heteroatoms. The Kier molecular flexibility index (Phi) is 6.60. The predicted octanol–water partition coefficient (Wildman–Crippen LogP) is 1.29. The van der Waals surface area contributed by atoms with E-state index in [2.05, 4.69) is 26.1 Å². The monoisotopic (exact) mass is 230 g/mol. The number of nitrogens with one attached hydrogen (secondary N) is 1. The molecule has 0 aliphatic carbocycles. The Morgan fingerprint density at radius 3 is 2.38 bits per heavy atom. The third-order valence-electron chi connectivity index (χ3n) is 2.65. The van der Waals surface area contributed by atoms with Gasteiger partial charge in [0.25, 0.3) is 0 Å². The first-order valence-corrected chi connectivity index (χ1v) is 5.89. The molecule has 4 nitrogen and oxygen atoms in total. The van der Waals surface area contributed by atoms with Crippen molar-refractivity contribution in [3.8, 4) is 0 Å². The largest absolute Gasteiger partial charge is 0.379 e. The maximum atomic E-state index is 11.6. The quantitative estimate of drug-likeness (QED) is 0.722. The molecule has 0 aliphatic rings. The van der Waals surface area contributed by atoms with Crippen LogP contribution in [0.4, 0.5) is 0 Å². The molecule has 0 bridgehead atoms. The molecule has 0 saturated heterocycles. The highest BCUT2D eigenvalue weighted by atomic mass is 16.5. The van der Waals surface area contributed by atoms with E-state index in [1.54, 1.807) is 7.11 Å². The van der Waals surface area contributed by atoms with E-state index >= 15 is 0 Å². The predicted molar refractivity (Wildman–Crippen MR) is 66.1 cm³/mol. The number of methoxy groups -OCH3 is 1. The lowest BCUT2D eigenvalue weighted by molar-refractivity contribution is -0.123. The van der Waals surface area contributed by atoms with E-state index in [1.807, 2.05) is 6.92 Å². The van der Waals surface area contributed by atoms with Gasteiger partial charge in [-0.3, -0.25) is 4.79 Å². The molecule has 0 aromatic carbocycles. The Hall–Kier alpha value is -0.610. The van der Waals surface area contributed by atoms with Gasteiger partial charge in [-0.2, -0.15) is 0 Å². The van der Waals surface area contributed by atoms with Crippen LogP contribution in [0.3, 0.4) is 0 Å². The Balaban J connectivity index is 4.07. The number of carbonyl (C=O) groups excluding carboxylic acids is 1. The molecule has 2 atom stereocenters. The van der Waals surface area contributed by atoms with E-state index in [1.165, 1.54) is 0 Å². The van der Waals surface area contributed by atoms with Crippen molar-refractivity contribution in [2.24, 2.45) is 11.1 Å². The number of ether oxygens (including phenoxy) is 1. The first-order valence-electron chi connectivity index (χ1n) is 5.89. The van der Waals surface area contributed by atoms with Crippen molar-refractivity contribution in [3.05, 3.63) is 0 Å². The average molecular weight is 230 g/mol. The van der Waals surface area contributed by atoms with Crippen molar-refractivity contribution < 1.29 is 9.53 Å². The second-order valence-corrected chi connectivity index (χ2v) is 5.23. The van der Waals surface area contributed by atoms with Gasteiger partial charge in [0.05, 0.1) is 12.1 Å². The Labute approximate surface area is 98.9 Å². The molecule has 1 amide bonds. The fourth-order valence-corrected chi connectivity index (χ4v) is 1.51. The Morgan fingerprint density at radius 2 is 2.00 bits per heavy atom. The van der Waals surface area contributed by atoms with E-state index in [9.17, 15) is 4.79 Å². The van der Waals surface area contributed by atoms with Crippen molar-refractivity contribution in [2.75, 3.05) is 13.7 Å². The van der Waals surface area contributed by atoms with Crippen LogP contribution in [0, 0.1) is 5.41 Å². The second kappa shape index (κ2) is 6.86. The SMILES string of the molecule is CCCC(N)C(=O)NCC(OC)C(C)(C)C. The van der Waals surface area contributed by atoms with Crippen molar-refractivity contribution in [3.63, 3.8) is 0 Å².